The van der Waals surface area contributed by atoms with Crippen LogP contribution in [0.3, 0.4) is 0 Å². The number of para-hydroxylation sites is 1. The van der Waals surface area contributed by atoms with Crippen LogP contribution in [0.2, 0.25) is 0 Å². The molecule has 0 spiro atoms. The van der Waals surface area contributed by atoms with E-state index in [-0.39, 0.29) is 12.5 Å². The van der Waals surface area contributed by atoms with Gasteiger partial charge in [-0.15, -0.1) is 0 Å². The van der Waals surface area contributed by atoms with E-state index in [1.807, 2.05) is 37.3 Å². The maximum Gasteiger partial charge on any atom is 0.329 e. The predicted molar refractivity (Wildman–Crippen MR) is 135 cm³/mol. The predicted octanol–water partition coefficient (Wildman–Crippen LogP) is 4.12. The van der Waals surface area contributed by atoms with E-state index in [9.17, 15) is 14.4 Å². The number of carbonyl (C=O) groups is 3. The second-order valence-corrected chi connectivity index (χ2v) is 8.00. The van der Waals surface area contributed by atoms with E-state index >= 15 is 0 Å². The van der Waals surface area contributed by atoms with Gasteiger partial charge in [-0.3, -0.25) is 14.4 Å². The van der Waals surface area contributed by atoms with Crippen LogP contribution < -0.4 is 20.8 Å². The summed E-state index contributed by atoms with van der Waals surface area (Å²) in [5, 5.41) is 9.09. The zero-order valence-corrected chi connectivity index (χ0v) is 20.0. The van der Waals surface area contributed by atoms with E-state index in [4.69, 9.17) is 4.74 Å². The van der Waals surface area contributed by atoms with Crippen molar-refractivity contribution < 1.29 is 19.1 Å². The van der Waals surface area contributed by atoms with Crippen molar-refractivity contribution >= 4 is 51.2 Å². The van der Waals surface area contributed by atoms with Crippen LogP contribution >= 0.6 is 15.9 Å². The van der Waals surface area contributed by atoms with E-state index in [1.54, 1.807) is 42.5 Å². The van der Waals surface area contributed by atoms with Gasteiger partial charge >= 0.3 is 11.8 Å². The van der Waals surface area contributed by atoms with Crippen LogP contribution in [0.5, 0.6) is 5.75 Å². The van der Waals surface area contributed by atoms with Gasteiger partial charge in [0.15, 0.2) is 6.61 Å². The Kier molecular flexibility index (Phi) is 8.93. The molecular weight excluding hydrogens is 500 g/mol. The number of ether oxygens (including phenoxy) is 1. The molecular formula is C25H23BrN4O4. The first-order valence-corrected chi connectivity index (χ1v) is 11.2. The number of hydrogen-bond donors (Lipinski definition) is 3. The van der Waals surface area contributed by atoms with Crippen molar-refractivity contribution in [1.82, 2.24) is 5.43 Å². The summed E-state index contributed by atoms with van der Waals surface area (Å²) < 4.78 is 6.36. The summed E-state index contributed by atoms with van der Waals surface area (Å²) in [5.41, 5.74) is 4.98. The Hall–Kier alpha value is -3.98. The van der Waals surface area contributed by atoms with Crippen molar-refractivity contribution in [3.63, 3.8) is 0 Å². The van der Waals surface area contributed by atoms with Crippen molar-refractivity contribution in [2.75, 3.05) is 17.2 Å². The molecule has 0 radical (unpaired) electrons. The number of benzene rings is 3. The van der Waals surface area contributed by atoms with Gasteiger partial charge in [-0.05, 0) is 54.4 Å². The quantitative estimate of drug-likeness (QED) is 0.235. The minimum absolute atomic E-state index is 0.219. The highest BCUT2D eigenvalue weighted by Gasteiger charge is 2.13. The SMILES string of the molecule is CCc1ccc(NC(=O)C(=O)N/N=C\c2cc(Br)ccc2OCC(=O)Nc2ccccc2)cc1. The van der Waals surface area contributed by atoms with Gasteiger partial charge in [0.25, 0.3) is 5.91 Å². The average molecular weight is 523 g/mol. The van der Waals surface area contributed by atoms with Gasteiger partial charge in [-0.1, -0.05) is 53.2 Å². The molecule has 3 amide bonds. The van der Waals surface area contributed by atoms with Crippen molar-refractivity contribution in [1.29, 1.82) is 0 Å². The number of carbonyl (C=O) groups excluding carboxylic acids is 3. The molecule has 0 bridgehead atoms. The van der Waals surface area contributed by atoms with Gasteiger partial charge < -0.3 is 15.4 Å². The largest absolute Gasteiger partial charge is 0.483 e. The number of hydrogen-bond acceptors (Lipinski definition) is 5. The first-order valence-electron chi connectivity index (χ1n) is 10.4. The molecule has 8 nitrogen and oxygen atoms in total. The summed E-state index contributed by atoms with van der Waals surface area (Å²) in [6.07, 6.45) is 2.21. The molecule has 0 saturated carbocycles. The fourth-order valence-electron chi connectivity index (χ4n) is 2.84. The fourth-order valence-corrected chi connectivity index (χ4v) is 3.22. The number of rotatable bonds is 8. The lowest BCUT2D eigenvalue weighted by Crippen LogP contribution is -2.32. The summed E-state index contributed by atoms with van der Waals surface area (Å²) in [7, 11) is 0. The molecule has 0 aliphatic carbocycles. The molecule has 34 heavy (non-hydrogen) atoms. The number of nitrogens with one attached hydrogen (secondary N) is 3. The molecule has 3 aromatic rings. The van der Waals surface area contributed by atoms with Crippen LogP contribution in [0.1, 0.15) is 18.1 Å². The smallest absolute Gasteiger partial charge is 0.329 e. The zero-order valence-electron chi connectivity index (χ0n) is 18.4. The summed E-state index contributed by atoms with van der Waals surface area (Å²) in [6, 6.07) is 21.4. The van der Waals surface area contributed by atoms with Gasteiger partial charge in [0.05, 0.1) is 6.21 Å². The number of nitrogens with zero attached hydrogens (tertiary/aromatic N) is 1. The topological polar surface area (TPSA) is 109 Å². The van der Waals surface area contributed by atoms with Crippen LogP contribution in [-0.4, -0.2) is 30.5 Å². The molecule has 3 N–H and O–H groups in total. The van der Waals surface area contributed by atoms with Crippen molar-refractivity contribution in [2.45, 2.75) is 13.3 Å². The van der Waals surface area contributed by atoms with Gasteiger partial charge in [-0.25, -0.2) is 5.43 Å². The van der Waals surface area contributed by atoms with E-state index in [1.165, 1.54) is 6.21 Å². The first-order chi connectivity index (χ1) is 16.4. The lowest BCUT2D eigenvalue weighted by atomic mass is 10.1. The molecule has 174 valence electrons. The average Bonchev–Trinajstić information content (AvgIpc) is 2.84. The Balaban J connectivity index is 1.55. The zero-order chi connectivity index (χ0) is 24.3. The summed E-state index contributed by atoms with van der Waals surface area (Å²) >= 11 is 3.36. The van der Waals surface area contributed by atoms with Crippen LogP contribution in [0.4, 0.5) is 11.4 Å². The van der Waals surface area contributed by atoms with Gasteiger partial charge in [0.1, 0.15) is 5.75 Å². The Morgan fingerprint density at radius 1 is 0.912 bits per heavy atom. The third-order valence-electron chi connectivity index (χ3n) is 4.58. The van der Waals surface area contributed by atoms with Crippen LogP contribution in [-0.2, 0) is 20.8 Å². The molecule has 9 heteroatoms. The highest BCUT2D eigenvalue weighted by Crippen LogP contribution is 2.22. The molecule has 3 aromatic carbocycles. The van der Waals surface area contributed by atoms with Crippen molar-refractivity contribution in [2.24, 2.45) is 5.10 Å². The lowest BCUT2D eigenvalue weighted by Gasteiger charge is -2.10. The molecule has 0 heterocycles. The number of halogens is 1. The van der Waals surface area contributed by atoms with Gasteiger partial charge in [-0.2, -0.15) is 5.10 Å². The van der Waals surface area contributed by atoms with Crippen molar-refractivity contribution in [3.05, 3.63) is 88.4 Å². The molecule has 0 saturated heterocycles. The highest BCUT2D eigenvalue weighted by molar-refractivity contribution is 9.10. The number of anilines is 2. The Bertz CT molecular complexity index is 1180. The molecule has 0 aromatic heterocycles. The van der Waals surface area contributed by atoms with Crippen LogP contribution in [0.25, 0.3) is 0 Å². The molecule has 0 aliphatic heterocycles. The van der Waals surface area contributed by atoms with E-state index in [0.717, 1.165) is 16.5 Å². The monoisotopic (exact) mass is 522 g/mol. The minimum Gasteiger partial charge on any atom is -0.483 e. The Morgan fingerprint density at radius 3 is 2.32 bits per heavy atom. The first kappa shape index (κ1) is 24.7. The minimum atomic E-state index is -0.921. The number of amides is 3. The van der Waals surface area contributed by atoms with E-state index < -0.39 is 11.8 Å². The standard InChI is InChI=1S/C25H23BrN4O4/c1-2-17-8-11-21(12-9-17)29-24(32)25(33)30-27-15-18-14-19(26)10-13-22(18)34-16-23(31)28-20-6-4-3-5-7-20/h3-15H,2,16H2,1H3,(H,28,31)(H,29,32)(H,30,33)/b27-15-. The van der Waals surface area contributed by atoms with Crippen LogP contribution in [0.15, 0.2) is 82.4 Å². The van der Waals surface area contributed by atoms with Gasteiger partial charge in [0.2, 0.25) is 0 Å². The Labute approximate surface area is 205 Å². The summed E-state index contributed by atoms with van der Waals surface area (Å²) in [4.78, 5) is 36.3. The highest BCUT2D eigenvalue weighted by atomic mass is 79.9. The molecule has 0 aliphatic rings. The second kappa shape index (κ2) is 12.3. The fraction of sp³-hybridized carbons (Fsp3) is 0.120. The number of hydrazone groups is 1. The summed E-state index contributed by atoms with van der Waals surface area (Å²) in [6.45, 7) is 1.81. The lowest BCUT2D eigenvalue weighted by molar-refractivity contribution is -0.136. The maximum atomic E-state index is 12.1. The summed E-state index contributed by atoms with van der Waals surface area (Å²) in [5.74, 6) is -1.71. The number of aryl methyl sites for hydroxylation is 1. The van der Waals surface area contributed by atoms with Gasteiger partial charge in [0, 0.05) is 21.4 Å². The molecule has 0 atom stereocenters. The second-order valence-electron chi connectivity index (χ2n) is 7.09. The maximum absolute atomic E-state index is 12.1. The molecule has 0 fully saturated rings. The van der Waals surface area contributed by atoms with E-state index in [0.29, 0.717) is 22.7 Å². The molecule has 0 unspecified atom stereocenters. The third-order valence-corrected chi connectivity index (χ3v) is 5.08. The van der Waals surface area contributed by atoms with Crippen molar-refractivity contribution in [3.8, 4) is 5.75 Å². The normalized spacial score (nSPS) is 10.5. The molecule has 3 rings (SSSR count). The van der Waals surface area contributed by atoms with Crippen LogP contribution in [0, 0.1) is 0 Å². The Morgan fingerprint density at radius 2 is 1.62 bits per heavy atom. The van der Waals surface area contributed by atoms with E-state index in [2.05, 4.69) is 37.1 Å². The third kappa shape index (κ3) is 7.56.